The van der Waals surface area contributed by atoms with Crippen LogP contribution in [-0.2, 0) is 16.1 Å². The van der Waals surface area contributed by atoms with E-state index in [1.807, 2.05) is 55.7 Å². The van der Waals surface area contributed by atoms with Crippen LogP contribution >= 0.6 is 23.4 Å². The molecule has 1 aromatic heterocycles. The highest BCUT2D eigenvalue weighted by Crippen LogP contribution is 2.25. The molecule has 0 atom stereocenters. The van der Waals surface area contributed by atoms with Gasteiger partial charge in [0.15, 0.2) is 11.0 Å². The van der Waals surface area contributed by atoms with E-state index in [1.165, 1.54) is 16.7 Å². The van der Waals surface area contributed by atoms with Crippen molar-refractivity contribution in [2.45, 2.75) is 32.5 Å². The van der Waals surface area contributed by atoms with Gasteiger partial charge in [-0.15, -0.1) is 10.2 Å². The summed E-state index contributed by atoms with van der Waals surface area (Å²) in [7, 11) is 1.62. The van der Waals surface area contributed by atoms with Crippen molar-refractivity contribution < 1.29 is 9.59 Å². The molecule has 0 saturated carbocycles. The second-order valence-corrected chi connectivity index (χ2v) is 8.79. The highest BCUT2D eigenvalue weighted by molar-refractivity contribution is 7.99. The summed E-state index contributed by atoms with van der Waals surface area (Å²) in [6, 6.07) is 13.2. The number of amides is 2. The minimum absolute atomic E-state index is 0.0241. The predicted octanol–water partition coefficient (Wildman–Crippen LogP) is 4.42. The Kier molecular flexibility index (Phi) is 7.93. The molecule has 0 aliphatic carbocycles. The van der Waals surface area contributed by atoms with Crippen molar-refractivity contribution in [1.82, 2.24) is 19.7 Å². The van der Waals surface area contributed by atoms with E-state index in [-0.39, 0.29) is 24.1 Å². The Labute approximate surface area is 197 Å². The molecule has 0 spiro atoms. The quantitative estimate of drug-likeness (QED) is 0.492. The first-order valence-corrected chi connectivity index (χ1v) is 11.6. The fourth-order valence-corrected chi connectivity index (χ4v) is 4.29. The molecule has 0 aliphatic rings. The van der Waals surface area contributed by atoms with Gasteiger partial charge >= 0.3 is 0 Å². The maximum atomic E-state index is 12.6. The molecule has 3 rings (SSSR count). The Balaban J connectivity index is 1.59. The van der Waals surface area contributed by atoms with Crippen molar-refractivity contribution in [3.05, 3.63) is 58.6 Å². The van der Waals surface area contributed by atoms with E-state index in [1.54, 1.807) is 19.2 Å². The molecule has 0 aliphatic heterocycles. The normalized spacial score (nSPS) is 10.8. The number of nitrogens with zero attached hydrogens (tertiary/aromatic N) is 4. The van der Waals surface area contributed by atoms with Crippen LogP contribution in [0.5, 0.6) is 0 Å². The Morgan fingerprint density at radius 1 is 1.09 bits per heavy atom. The third-order valence-electron chi connectivity index (χ3n) is 5.01. The van der Waals surface area contributed by atoms with E-state index in [2.05, 4.69) is 15.5 Å². The number of likely N-dealkylation sites (N-methyl/N-ethyl adjacent to an activating group) is 1. The van der Waals surface area contributed by atoms with Gasteiger partial charge in [0.1, 0.15) is 0 Å². The van der Waals surface area contributed by atoms with Gasteiger partial charge in [-0.1, -0.05) is 41.6 Å². The number of anilines is 1. The zero-order valence-corrected chi connectivity index (χ0v) is 20.1. The van der Waals surface area contributed by atoms with Crippen LogP contribution in [0.15, 0.2) is 47.6 Å². The molecule has 0 saturated heterocycles. The zero-order chi connectivity index (χ0) is 23.3. The SMILES string of the molecule is CCn1c(SCC(=O)N(C)CC(=O)Nc2c(C)cccc2C)nnc1-c1ccc(Cl)cc1. The van der Waals surface area contributed by atoms with E-state index in [0.29, 0.717) is 16.7 Å². The summed E-state index contributed by atoms with van der Waals surface area (Å²) in [5, 5.41) is 12.7. The Morgan fingerprint density at radius 2 is 1.75 bits per heavy atom. The van der Waals surface area contributed by atoms with Crippen LogP contribution in [0.1, 0.15) is 18.1 Å². The molecule has 7 nitrogen and oxygen atoms in total. The van der Waals surface area contributed by atoms with Gasteiger partial charge in [0.05, 0.1) is 12.3 Å². The fourth-order valence-electron chi connectivity index (χ4n) is 3.22. The maximum absolute atomic E-state index is 12.6. The average molecular weight is 472 g/mol. The lowest BCUT2D eigenvalue weighted by Crippen LogP contribution is -2.36. The molecule has 9 heteroatoms. The van der Waals surface area contributed by atoms with Crippen LogP contribution in [-0.4, -0.2) is 50.8 Å². The van der Waals surface area contributed by atoms with Gasteiger partial charge in [-0.05, 0) is 56.2 Å². The van der Waals surface area contributed by atoms with Crippen LogP contribution in [0.4, 0.5) is 5.69 Å². The van der Waals surface area contributed by atoms with E-state index in [0.717, 1.165) is 28.2 Å². The lowest BCUT2D eigenvalue weighted by molar-refractivity contribution is -0.131. The fraction of sp³-hybridized carbons (Fsp3) is 0.304. The van der Waals surface area contributed by atoms with Crippen molar-refractivity contribution in [2.75, 3.05) is 24.7 Å². The predicted molar refractivity (Wildman–Crippen MR) is 129 cm³/mol. The average Bonchev–Trinajstić information content (AvgIpc) is 3.18. The van der Waals surface area contributed by atoms with Crippen molar-refractivity contribution in [2.24, 2.45) is 0 Å². The lowest BCUT2D eigenvalue weighted by atomic mass is 10.1. The van der Waals surface area contributed by atoms with Crippen molar-refractivity contribution in [1.29, 1.82) is 0 Å². The van der Waals surface area contributed by atoms with Crippen LogP contribution in [0.3, 0.4) is 0 Å². The van der Waals surface area contributed by atoms with Gasteiger partial charge in [-0.2, -0.15) is 0 Å². The number of benzene rings is 2. The summed E-state index contributed by atoms with van der Waals surface area (Å²) in [6.45, 7) is 6.52. The number of hydrogen-bond acceptors (Lipinski definition) is 5. The van der Waals surface area contributed by atoms with Gasteiger partial charge in [-0.25, -0.2) is 0 Å². The number of nitrogens with one attached hydrogen (secondary N) is 1. The van der Waals surface area contributed by atoms with Gasteiger partial charge in [0.25, 0.3) is 0 Å². The highest BCUT2D eigenvalue weighted by Gasteiger charge is 2.18. The molecule has 1 N–H and O–H groups in total. The number of halogens is 1. The molecule has 1 heterocycles. The number of aromatic nitrogens is 3. The summed E-state index contributed by atoms with van der Waals surface area (Å²) >= 11 is 7.27. The minimum atomic E-state index is -0.231. The zero-order valence-electron chi connectivity index (χ0n) is 18.6. The first kappa shape index (κ1) is 23.8. The smallest absolute Gasteiger partial charge is 0.243 e. The minimum Gasteiger partial charge on any atom is -0.336 e. The molecule has 2 aromatic carbocycles. The monoisotopic (exact) mass is 471 g/mol. The standard InChI is InChI=1S/C23H26ClN5O2S/c1-5-29-22(17-9-11-18(24)12-10-17)26-27-23(29)32-14-20(31)28(4)13-19(30)25-21-15(2)7-6-8-16(21)3/h6-12H,5,13-14H2,1-4H3,(H,25,30). The van der Waals surface area contributed by atoms with Crippen molar-refractivity contribution >= 4 is 40.9 Å². The van der Waals surface area contributed by atoms with Gasteiger partial charge in [0, 0.05) is 29.9 Å². The lowest BCUT2D eigenvalue weighted by Gasteiger charge is -2.18. The van der Waals surface area contributed by atoms with Crippen LogP contribution in [0.25, 0.3) is 11.4 Å². The van der Waals surface area contributed by atoms with Gasteiger partial charge in [-0.3, -0.25) is 9.59 Å². The summed E-state index contributed by atoms with van der Waals surface area (Å²) in [4.78, 5) is 26.5. The number of hydrogen-bond donors (Lipinski definition) is 1. The van der Waals surface area contributed by atoms with E-state index in [4.69, 9.17) is 11.6 Å². The van der Waals surface area contributed by atoms with Crippen LogP contribution in [0.2, 0.25) is 5.02 Å². The summed E-state index contributed by atoms with van der Waals surface area (Å²) in [5.41, 5.74) is 3.66. The second kappa shape index (κ2) is 10.7. The maximum Gasteiger partial charge on any atom is 0.243 e. The molecule has 32 heavy (non-hydrogen) atoms. The molecular weight excluding hydrogens is 446 g/mol. The highest BCUT2D eigenvalue weighted by atomic mass is 35.5. The van der Waals surface area contributed by atoms with E-state index < -0.39 is 0 Å². The van der Waals surface area contributed by atoms with Gasteiger partial charge in [0.2, 0.25) is 11.8 Å². The number of carbonyl (C=O) groups is 2. The number of thioether (sulfide) groups is 1. The van der Waals surface area contributed by atoms with Crippen molar-refractivity contribution in [3.63, 3.8) is 0 Å². The van der Waals surface area contributed by atoms with Crippen LogP contribution < -0.4 is 5.32 Å². The molecule has 0 bridgehead atoms. The molecule has 0 unspecified atom stereocenters. The van der Waals surface area contributed by atoms with Crippen LogP contribution in [0, 0.1) is 13.8 Å². The summed E-state index contributed by atoms with van der Waals surface area (Å²) in [6.07, 6.45) is 0. The summed E-state index contributed by atoms with van der Waals surface area (Å²) < 4.78 is 1.95. The second-order valence-electron chi connectivity index (χ2n) is 7.41. The molecule has 168 valence electrons. The molecular formula is C23H26ClN5O2S. The van der Waals surface area contributed by atoms with E-state index in [9.17, 15) is 9.59 Å². The topological polar surface area (TPSA) is 80.1 Å². The Hall–Kier alpha value is -2.84. The first-order valence-electron chi connectivity index (χ1n) is 10.2. The number of para-hydroxylation sites is 1. The Bertz CT molecular complexity index is 1090. The van der Waals surface area contributed by atoms with Crippen molar-refractivity contribution in [3.8, 4) is 11.4 Å². The Morgan fingerprint density at radius 3 is 2.38 bits per heavy atom. The molecule has 0 fully saturated rings. The number of aryl methyl sites for hydroxylation is 2. The largest absolute Gasteiger partial charge is 0.336 e. The molecule has 0 radical (unpaired) electrons. The molecule has 2 amide bonds. The third kappa shape index (κ3) is 5.69. The third-order valence-corrected chi connectivity index (χ3v) is 6.22. The number of rotatable bonds is 8. The van der Waals surface area contributed by atoms with Gasteiger partial charge < -0.3 is 14.8 Å². The number of carbonyl (C=O) groups excluding carboxylic acids is 2. The molecule has 3 aromatic rings. The summed E-state index contributed by atoms with van der Waals surface area (Å²) in [5.74, 6) is 0.488. The first-order chi connectivity index (χ1) is 15.3. The van der Waals surface area contributed by atoms with E-state index >= 15 is 0 Å².